The number of nitro groups is 1. The molecule has 2 aromatic heterocycles. The molecule has 1 atom stereocenters. The van der Waals surface area contributed by atoms with Crippen molar-refractivity contribution < 1.29 is 9.34 Å². The number of hydrogen-bond donors (Lipinski definition) is 1. The number of furan rings is 1. The first kappa shape index (κ1) is 12.2. The minimum Gasteiger partial charge on any atom is -0.467 e. The zero-order valence-corrected chi connectivity index (χ0v) is 10.4. The Labute approximate surface area is 104 Å². The fourth-order valence-corrected chi connectivity index (χ4v) is 1.70. The molecule has 0 aliphatic rings. The molecule has 0 fully saturated rings. The molecule has 7 nitrogen and oxygen atoms in total. The van der Waals surface area contributed by atoms with Gasteiger partial charge < -0.3 is 19.8 Å². The van der Waals surface area contributed by atoms with Gasteiger partial charge in [0.1, 0.15) is 5.76 Å². The lowest BCUT2D eigenvalue weighted by Gasteiger charge is -2.12. The van der Waals surface area contributed by atoms with Crippen molar-refractivity contribution in [3.05, 3.63) is 40.1 Å². The third kappa shape index (κ3) is 2.06. The van der Waals surface area contributed by atoms with Crippen LogP contribution in [0.2, 0.25) is 0 Å². The average Bonchev–Trinajstić information content (AvgIpc) is 2.92. The predicted octanol–water partition coefficient (Wildman–Crippen LogP) is 2.40. The van der Waals surface area contributed by atoms with Gasteiger partial charge in [-0.2, -0.15) is 0 Å². The second-order valence-corrected chi connectivity index (χ2v) is 4.03. The molecule has 96 valence electrons. The van der Waals surface area contributed by atoms with E-state index in [1.165, 1.54) is 0 Å². The molecule has 0 aliphatic heterocycles. The van der Waals surface area contributed by atoms with E-state index in [-0.39, 0.29) is 11.9 Å². The van der Waals surface area contributed by atoms with Crippen molar-refractivity contribution in [2.24, 2.45) is 7.05 Å². The Morgan fingerprint density at radius 2 is 2.33 bits per heavy atom. The third-order valence-corrected chi connectivity index (χ3v) is 2.80. The van der Waals surface area contributed by atoms with E-state index in [9.17, 15) is 10.1 Å². The molecule has 0 aliphatic carbocycles. The van der Waals surface area contributed by atoms with E-state index in [4.69, 9.17) is 4.42 Å². The van der Waals surface area contributed by atoms with Crippen molar-refractivity contribution in [3.63, 3.8) is 0 Å². The van der Waals surface area contributed by atoms with Crippen molar-refractivity contribution in [2.75, 3.05) is 5.32 Å². The Morgan fingerprint density at radius 3 is 2.89 bits per heavy atom. The molecule has 7 heteroatoms. The molecule has 0 saturated heterocycles. The van der Waals surface area contributed by atoms with E-state index in [0.29, 0.717) is 17.4 Å². The van der Waals surface area contributed by atoms with Gasteiger partial charge in [0.25, 0.3) is 0 Å². The number of rotatable bonds is 4. The first-order chi connectivity index (χ1) is 8.50. The standard InChI is InChI=1S/C11H14N4O3/c1-7(9-5-4-6-18-9)12-10-11(15(16)17)13-8(2)14(10)3/h4-7,12H,1-3H3. The summed E-state index contributed by atoms with van der Waals surface area (Å²) < 4.78 is 6.90. The van der Waals surface area contributed by atoms with E-state index in [2.05, 4.69) is 10.3 Å². The molecule has 2 heterocycles. The average molecular weight is 250 g/mol. The topological polar surface area (TPSA) is 86.1 Å². The maximum atomic E-state index is 10.9. The molecule has 0 bridgehead atoms. The predicted molar refractivity (Wildman–Crippen MR) is 65.3 cm³/mol. The van der Waals surface area contributed by atoms with Crippen LogP contribution < -0.4 is 5.32 Å². The van der Waals surface area contributed by atoms with Crippen LogP contribution in [0.1, 0.15) is 24.6 Å². The summed E-state index contributed by atoms with van der Waals surface area (Å²) in [5, 5.41) is 14.0. The Kier molecular flexibility index (Phi) is 3.05. The summed E-state index contributed by atoms with van der Waals surface area (Å²) in [5.74, 6) is 1.49. The van der Waals surface area contributed by atoms with Crippen LogP contribution in [0.25, 0.3) is 0 Å². The summed E-state index contributed by atoms with van der Waals surface area (Å²) in [4.78, 5) is 14.3. The second-order valence-electron chi connectivity index (χ2n) is 4.03. The van der Waals surface area contributed by atoms with Gasteiger partial charge in [0, 0.05) is 14.0 Å². The number of anilines is 1. The monoisotopic (exact) mass is 250 g/mol. The molecule has 18 heavy (non-hydrogen) atoms. The van der Waals surface area contributed by atoms with Crippen molar-refractivity contribution >= 4 is 11.6 Å². The number of nitrogens with one attached hydrogen (secondary N) is 1. The smallest absolute Gasteiger partial charge is 0.406 e. The first-order valence-electron chi connectivity index (χ1n) is 5.48. The van der Waals surface area contributed by atoms with Gasteiger partial charge in [0.05, 0.1) is 12.3 Å². The minimum atomic E-state index is -0.496. The maximum Gasteiger partial charge on any atom is 0.406 e. The van der Waals surface area contributed by atoms with Crippen molar-refractivity contribution in [2.45, 2.75) is 19.9 Å². The lowest BCUT2D eigenvalue weighted by molar-refractivity contribution is -0.388. The van der Waals surface area contributed by atoms with E-state index >= 15 is 0 Å². The quantitative estimate of drug-likeness (QED) is 0.665. The van der Waals surface area contributed by atoms with Crippen molar-refractivity contribution in [1.82, 2.24) is 9.55 Å². The Balaban J connectivity index is 2.31. The van der Waals surface area contributed by atoms with Crippen LogP contribution in [0.3, 0.4) is 0 Å². The zero-order chi connectivity index (χ0) is 13.3. The second kappa shape index (κ2) is 4.52. The number of aryl methyl sites for hydroxylation is 1. The molecule has 0 saturated carbocycles. The molecule has 2 aromatic rings. The van der Waals surface area contributed by atoms with Crippen LogP contribution in [-0.2, 0) is 7.05 Å². The van der Waals surface area contributed by atoms with Crippen LogP contribution in [0.4, 0.5) is 11.6 Å². The van der Waals surface area contributed by atoms with Crippen molar-refractivity contribution in [1.29, 1.82) is 0 Å². The third-order valence-electron chi connectivity index (χ3n) is 2.80. The minimum absolute atomic E-state index is 0.173. The van der Waals surface area contributed by atoms with Gasteiger partial charge in [-0.25, -0.2) is 0 Å². The van der Waals surface area contributed by atoms with Crippen LogP contribution in [0.15, 0.2) is 22.8 Å². The molecule has 1 N–H and O–H groups in total. The molecule has 0 aromatic carbocycles. The molecule has 0 radical (unpaired) electrons. The Morgan fingerprint density at radius 1 is 1.61 bits per heavy atom. The molecular weight excluding hydrogens is 236 g/mol. The van der Waals surface area contributed by atoms with Crippen molar-refractivity contribution in [3.8, 4) is 0 Å². The van der Waals surface area contributed by atoms with Crippen LogP contribution in [0.5, 0.6) is 0 Å². The van der Waals surface area contributed by atoms with Gasteiger partial charge in [0.15, 0.2) is 0 Å². The van der Waals surface area contributed by atoms with Gasteiger partial charge in [0.2, 0.25) is 11.6 Å². The van der Waals surface area contributed by atoms with E-state index in [0.717, 1.165) is 0 Å². The van der Waals surface area contributed by atoms with E-state index in [1.807, 2.05) is 13.0 Å². The fourth-order valence-electron chi connectivity index (χ4n) is 1.70. The number of nitrogens with zero attached hydrogens (tertiary/aromatic N) is 3. The SMILES string of the molecule is Cc1nc([N+](=O)[O-])c(NC(C)c2ccco2)n1C. The normalized spacial score (nSPS) is 12.4. The van der Waals surface area contributed by atoms with Gasteiger partial charge >= 0.3 is 5.82 Å². The van der Waals surface area contributed by atoms with Crippen LogP contribution in [-0.4, -0.2) is 14.5 Å². The highest BCUT2D eigenvalue weighted by Crippen LogP contribution is 2.28. The van der Waals surface area contributed by atoms with Gasteiger partial charge in [-0.3, -0.25) is 4.57 Å². The molecule has 2 rings (SSSR count). The summed E-state index contributed by atoms with van der Waals surface area (Å²) in [6.45, 7) is 3.58. The Bertz CT molecular complexity index is 559. The first-order valence-corrected chi connectivity index (χ1v) is 5.48. The van der Waals surface area contributed by atoms with Crippen LogP contribution >= 0.6 is 0 Å². The van der Waals surface area contributed by atoms with E-state index < -0.39 is 4.92 Å². The summed E-state index contributed by atoms with van der Waals surface area (Å²) in [6, 6.07) is 3.41. The van der Waals surface area contributed by atoms with Gasteiger partial charge in [-0.15, -0.1) is 0 Å². The summed E-state index contributed by atoms with van der Waals surface area (Å²) >= 11 is 0. The van der Waals surface area contributed by atoms with Gasteiger partial charge in [-0.1, -0.05) is 0 Å². The Hall–Kier alpha value is -2.31. The molecular formula is C11H14N4O3. The summed E-state index contributed by atoms with van der Waals surface area (Å²) in [5.41, 5.74) is 0. The number of imidazole rings is 1. The van der Waals surface area contributed by atoms with Crippen LogP contribution in [0, 0.1) is 17.0 Å². The highest BCUT2D eigenvalue weighted by atomic mass is 16.6. The lowest BCUT2D eigenvalue weighted by atomic mass is 10.2. The summed E-state index contributed by atoms with van der Waals surface area (Å²) in [7, 11) is 1.73. The molecule has 1 unspecified atom stereocenters. The van der Waals surface area contributed by atoms with Gasteiger partial charge in [-0.05, 0) is 29.0 Å². The number of aromatic nitrogens is 2. The molecule has 0 amide bonds. The highest BCUT2D eigenvalue weighted by Gasteiger charge is 2.25. The number of hydrogen-bond acceptors (Lipinski definition) is 5. The zero-order valence-electron chi connectivity index (χ0n) is 10.4. The fraction of sp³-hybridized carbons (Fsp3) is 0.364. The largest absolute Gasteiger partial charge is 0.467 e. The van der Waals surface area contributed by atoms with E-state index in [1.54, 1.807) is 30.9 Å². The maximum absolute atomic E-state index is 10.9. The highest BCUT2D eigenvalue weighted by molar-refractivity contribution is 5.54. The summed E-state index contributed by atoms with van der Waals surface area (Å²) in [6.07, 6.45) is 1.57. The molecule has 0 spiro atoms. The lowest BCUT2D eigenvalue weighted by Crippen LogP contribution is -2.10.